The predicted octanol–water partition coefficient (Wildman–Crippen LogP) is 2.79. The van der Waals surface area contributed by atoms with Crippen molar-refractivity contribution < 1.29 is 0 Å². The summed E-state index contributed by atoms with van der Waals surface area (Å²) in [4.78, 5) is 0. The van der Waals surface area contributed by atoms with Gasteiger partial charge in [-0.15, -0.1) is 0 Å². The van der Waals surface area contributed by atoms with Crippen LogP contribution in [-0.4, -0.2) is 25.7 Å². The van der Waals surface area contributed by atoms with Crippen molar-refractivity contribution in [3.63, 3.8) is 0 Å². The summed E-state index contributed by atoms with van der Waals surface area (Å²) in [7, 11) is 0. The van der Waals surface area contributed by atoms with Crippen molar-refractivity contribution >= 4 is 0 Å². The molecule has 17 heavy (non-hydrogen) atoms. The predicted molar refractivity (Wildman–Crippen MR) is 74.2 cm³/mol. The Morgan fingerprint density at radius 3 is 2.59 bits per heavy atom. The monoisotopic (exact) mass is 238 g/mol. The van der Waals surface area contributed by atoms with Crippen molar-refractivity contribution in [1.82, 2.24) is 10.6 Å². The van der Waals surface area contributed by atoms with Crippen molar-refractivity contribution in [1.29, 1.82) is 0 Å². The smallest absolute Gasteiger partial charge is 0.00103 e. The van der Waals surface area contributed by atoms with E-state index in [1.165, 1.54) is 38.8 Å². The highest BCUT2D eigenvalue weighted by atomic mass is 14.9. The summed E-state index contributed by atoms with van der Waals surface area (Å²) in [6, 6.07) is 0.629. The second kappa shape index (κ2) is 6.75. The average molecular weight is 238 g/mol. The molecule has 2 aliphatic carbocycles. The molecule has 0 aromatic rings. The van der Waals surface area contributed by atoms with Crippen molar-refractivity contribution in [2.45, 2.75) is 58.4 Å². The minimum atomic E-state index is 0.629. The Bertz CT molecular complexity index is 215. The molecule has 0 aromatic carbocycles. The van der Waals surface area contributed by atoms with Crippen molar-refractivity contribution in [2.75, 3.05) is 19.6 Å². The molecule has 2 rings (SSSR count). The summed E-state index contributed by atoms with van der Waals surface area (Å²) in [5, 5.41) is 7.06. The van der Waals surface area contributed by atoms with Crippen molar-refractivity contribution in [3.05, 3.63) is 0 Å². The zero-order valence-corrected chi connectivity index (χ0v) is 11.7. The third-order valence-corrected chi connectivity index (χ3v) is 4.66. The van der Waals surface area contributed by atoms with Gasteiger partial charge in [0.25, 0.3) is 0 Å². The molecule has 0 heterocycles. The zero-order chi connectivity index (χ0) is 12.1. The summed E-state index contributed by atoms with van der Waals surface area (Å²) in [6.45, 7) is 8.00. The number of hydrogen-bond acceptors (Lipinski definition) is 2. The molecule has 3 unspecified atom stereocenters. The van der Waals surface area contributed by atoms with E-state index in [4.69, 9.17) is 0 Å². The largest absolute Gasteiger partial charge is 0.317 e. The lowest BCUT2D eigenvalue weighted by Crippen LogP contribution is -2.28. The first-order valence-corrected chi connectivity index (χ1v) is 7.70. The van der Waals surface area contributed by atoms with E-state index in [2.05, 4.69) is 24.5 Å². The summed E-state index contributed by atoms with van der Waals surface area (Å²) in [6.07, 6.45) is 8.86. The van der Waals surface area contributed by atoms with E-state index in [0.717, 1.165) is 24.3 Å². The molecule has 2 aliphatic rings. The molecular weight excluding hydrogens is 208 g/mol. The Kier molecular flexibility index (Phi) is 5.30. The standard InChI is InChI=1S/C15H30N2/c1-12(2)17-8-3-7-16-9-6-15-11-13-4-5-14(15)10-13/h12-17H,3-11H2,1-2H3. The number of nitrogens with one attached hydrogen (secondary N) is 2. The molecule has 0 amide bonds. The summed E-state index contributed by atoms with van der Waals surface area (Å²) in [5.41, 5.74) is 0. The van der Waals surface area contributed by atoms with Crippen molar-refractivity contribution in [3.8, 4) is 0 Å². The van der Waals surface area contributed by atoms with Crippen LogP contribution in [0, 0.1) is 17.8 Å². The number of hydrogen-bond donors (Lipinski definition) is 2. The van der Waals surface area contributed by atoms with Crippen LogP contribution < -0.4 is 10.6 Å². The molecule has 3 atom stereocenters. The van der Waals surface area contributed by atoms with E-state index in [0.29, 0.717) is 6.04 Å². The van der Waals surface area contributed by atoms with E-state index in [9.17, 15) is 0 Å². The maximum atomic E-state index is 3.61. The molecule has 0 radical (unpaired) electrons. The van der Waals surface area contributed by atoms with Crippen LogP contribution in [0.1, 0.15) is 52.4 Å². The topological polar surface area (TPSA) is 24.1 Å². The van der Waals surface area contributed by atoms with E-state index in [-0.39, 0.29) is 0 Å². The molecule has 100 valence electrons. The molecule has 2 saturated carbocycles. The molecule has 0 aliphatic heterocycles. The molecule has 0 saturated heterocycles. The third-order valence-electron chi connectivity index (χ3n) is 4.66. The fourth-order valence-electron chi connectivity index (χ4n) is 3.75. The fourth-order valence-corrected chi connectivity index (χ4v) is 3.75. The lowest BCUT2D eigenvalue weighted by Gasteiger charge is -2.21. The van der Waals surface area contributed by atoms with Gasteiger partial charge < -0.3 is 10.6 Å². The summed E-state index contributed by atoms with van der Waals surface area (Å²) >= 11 is 0. The van der Waals surface area contributed by atoms with Crippen LogP contribution in [-0.2, 0) is 0 Å². The first kappa shape index (κ1) is 13.4. The van der Waals surface area contributed by atoms with E-state index in [1.807, 2.05) is 0 Å². The van der Waals surface area contributed by atoms with Crippen LogP contribution in [0.5, 0.6) is 0 Å². The number of rotatable bonds is 8. The molecule has 2 heteroatoms. The second-order valence-electron chi connectivity index (χ2n) is 6.44. The van der Waals surface area contributed by atoms with Gasteiger partial charge in [0.05, 0.1) is 0 Å². The lowest BCUT2D eigenvalue weighted by atomic mass is 9.86. The van der Waals surface area contributed by atoms with Crippen LogP contribution in [0.25, 0.3) is 0 Å². The third kappa shape index (κ3) is 4.26. The minimum absolute atomic E-state index is 0.629. The van der Waals surface area contributed by atoms with Crippen LogP contribution in [0.15, 0.2) is 0 Å². The van der Waals surface area contributed by atoms with Gasteiger partial charge in [0, 0.05) is 6.04 Å². The molecule has 0 spiro atoms. The number of fused-ring (bicyclic) bond motifs is 2. The van der Waals surface area contributed by atoms with Gasteiger partial charge in [0.2, 0.25) is 0 Å². The van der Waals surface area contributed by atoms with E-state index in [1.54, 1.807) is 12.8 Å². The Hall–Kier alpha value is -0.0800. The second-order valence-corrected chi connectivity index (χ2v) is 6.44. The van der Waals surface area contributed by atoms with Gasteiger partial charge in [-0.25, -0.2) is 0 Å². The molecular formula is C15H30N2. The Morgan fingerprint density at radius 2 is 1.94 bits per heavy atom. The first-order valence-electron chi connectivity index (χ1n) is 7.70. The van der Waals surface area contributed by atoms with Crippen LogP contribution >= 0.6 is 0 Å². The molecule has 2 fully saturated rings. The highest BCUT2D eigenvalue weighted by molar-refractivity contribution is 4.89. The quantitative estimate of drug-likeness (QED) is 0.635. The van der Waals surface area contributed by atoms with Gasteiger partial charge in [-0.1, -0.05) is 20.3 Å². The highest BCUT2D eigenvalue weighted by Gasteiger charge is 2.38. The molecule has 2 nitrogen and oxygen atoms in total. The van der Waals surface area contributed by atoms with Crippen LogP contribution in [0.3, 0.4) is 0 Å². The van der Waals surface area contributed by atoms with E-state index < -0.39 is 0 Å². The summed E-state index contributed by atoms with van der Waals surface area (Å²) in [5.74, 6) is 3.28. The Labute approximate surface area is 107 Å². The zero-order valence-electron chi connectivity index (χ0n) is 11.7. The van der Waals surface area contributed by atoms with Crippen LogP contribution in [0.4, 0.5) is 0 Å². The van der Waals surface area contributed by atoms with Crippen molar-refractivity contribution in [2.24, 2.45) is 17.8 Å². The minimum Gasteiger partial charge on any atom is -0.317 e. The highest BCUT2D eigenvalue weighted by Crippen LogP contribution is 2.49. The molecule has 2 N–H and O–H groups in total. The van der Waals surface area contributed by atoms with Gasteiger partial charge >= 0.3 is 0 Å². The first-order chi connectivity index (χ1) is 8.25. The van der Waals surface area contributed by atoms with Gasteiger partial charge in [0.1, 0.15) is 0 Å². The SMILES string of the molecule is CC(C)NCCCNCCC1CC2CCC1C2. The Morgan fingerprint density at radius 1 is 1.06 bits per heavy atom. The van der Waals surface area contributed by atoms with E-state index >= 15 is 0 Å². The van der Waals surface area contributed by atoms with Gasteiger partial charge in [-0.2, -0.15) is 0 Å². The fraction of sp³-hybridized carbons (Fsp3) is 1.00. The molecule has 0 aromatic heterocycles. The maximum Gasteiger partial charge on any atom is 0.00103 e. The normalized spacial score (nSPS) is 31.6. The molecule has 2 bridgehead atoms. The maximum absolute atomic E-state index is 3.61. The lowest BCUT2D eigenvalue weighted by molar-refractivity contribution is 0.310. The summed E-state index contributed by atoms with van der Waals surface area (Å²) < 4.78 is 0. The van der Waals surface area contributed by atoms with Gasteiger partial charge in [-0.05, 0) is 69.5 Å². The average Bonchev–Trinajstić information content (AvgIpc) is 2.89. The Balaban J connectivity index is 1.42. The van der Waals surface area contributed by atoms with Gasteiger partial charge in [0.15, 0.2) is 0 Å². The van der Waals surface area contributed by atoms with Gasteiger partial charge in [-0.3, -0.25) is 0 Å². The van der Waals surface area contributed by atoms with Crippen LogP contribution in [0.2, 0.25) is 0 Å².